The summed E-state index contributed by atoms with van der Waals surface area (Å²) in [6, 6.07) is 0.144. The van der Waals surface area contributed by atoms with Crippen LogP contribution in [0.3, 0.4) is 0 Å². The average Bonchev–Trinajstić information content (AvgIpc) is 2.64. The van der Waals surface area contributed by atoms with Crippen molar-refractivity contribution in [2.45, 2.75) is 33.2 Å². The van der Waals surface area contributed by atoms with Crippen LogP contribution in [0.5, 0.6) is 0 Å². The zero-order valence-corrected chi connectivity index (χ0v) is 10.6. The van der Waals surface area contributed by atoms with Crippen molar-refractivity contribution in [3.05, 3.63) is 17.5 Å². The Balaban J connectivity index is 2.79. The molecule has 0 aliphatic carbocycles. The number of aryl methyl sites for hydroxylation is 1. The highest BCUT2D eigenvalue weighted by Crippen LogP contribution is 2.12. The minimum Gasteiger partial charge on any atom is -0.361 e. The molecule has 0 aliphatic heterocycles. The molecule has 0 saturated carbocycles. The van der Waals surface area contributed by atoms with Crippen molar-refractivity contribution < 1.29 is 9.32 Å². The van der Waals surface area contributed by atoms with Gasteiger partial charge in [-0.2, -0.15) is 0 Å². The highest BCUT2D eigenvalue weighted by atomic mass is 35.5. The predicted octanol–water partition coefficient (Wildman–Crippen LogP) is 2.46. The van der Waals surface area contributed by atoms with E-state index in [4.69, 9.17) is 16.1 Å². The maximum atomic E-state index is 12.2. The van der Waals surface area contributed by atoms with E-state index in [0.29, 0.717) is 23.7 Å². The van der Waals surface area contributed by atoms with E-state index < -0.39 is 0 Å². The van der Waals surface area contributed by atoms with E-state index in [-0.39, 0.29) is 11.9 Å². The predicted molar refractivity (Wildman–Crippen MR) is 62.7 cm³/mol. The largest absolute Gasteiger partial charge is 0.361 e. The normalized spacial score (nSPS) is 10.8. The summed E-state index contributed by atoms with van der Waals surface area (Å²) in [5.74, 6) is 1.07. The molecule has 0 N–H and O–H groups in total. The van der Waals surface area contributed by atoms with Crippen LogP contribution in [-0.2, 0) is 0 Å². The van der Waals surface area contributed by atoms with Crippen LogP contribution in [0.1, 0.15) is 36.4 Å². The van der Waals surface area contributed by atoms with Gasteiger partial charge in [-0.1, -0.05) is 5.16 Å². The molecule has 90 valence electrons. The van der Waals surface area contributed by atoms with Crippen molar-refractivity contribution in [1.82, 2.24) is 10.1 Å². The third-order valence-electron chi connectivity index (χ3n) is 2.40. The van der Waals surface area contributed by atoms with Gasteiger partial charge >= 0.3 is 0 Å². The molecule has 16 heavy (non-hydrogen) atoms. The maximum Gasteiger partial charge on any atom is 0.259 e. The third kappa shape index (κ3) is 2.98. The third-order valence-corrected chi connectivity index (χ3v) is 2.67. The van der Waals surface area contributed by atoms with Crippen LogP contribution in [-0.4, -0.2) is 34.4 Å². The summed E-state index contributed by atoms with van der Waals surface area (Å²) in [6.45, 7) is 6.36. The van der Waals surface area contributed by atoms with Crippen molar-refractivity contribution in [1.29, 1.82) is 0 Å². The number of hydrogen-bond acceptors (Lipinski definition) is 3. The molecule has 0 saturated heterocycles. The molecule has 0 radical (unpaired) electrons. The van der Waals surface area contributed by atoms with E-state index in [1.807, 2.05) is 13.8 Å². The van der Waals surface area contributed by atoms with E-state index >= 15 is 0 Å². The zero-order valence-electron chi connectivity index (χ0n) is 9.86. The molecule has 0 spiro atoms. The number of nitrogens with zero attached hydrogens (tertiary/aromatic N) is 2. The lowest BCUT2D eigenvalue weighted by Crippen LogP contribution is -2.38. The zero-order chi connectivity index (χ0) is 12.1. The molecular formula is C11H17ClN2O2. The lowest BCUT2D eigenvalue weighted by molar-refractivity contribution is 0.0704. The van der Waals surface area contributed by atoms with Crippen LogP contribution >= 0.6 is 11.6 Å². The van der Waals surface area contributed by atoms with E-state index in [0.717, 1.165) is 6.42 Å². The summed E-state index contributed by atoms with van der Waals surface area (Å²) in [5, 5.41) is 3.62. The summed E-state index contributed by atoms with van der Waals surface area (Å²) in [4.78, 5) is 13.9. The Morgan fingerprint density at radius 1 is 1.62 bits per heavy atom. The molecule has 1 aromatic heterocycles. The standard InChI is InChI=1S/C11H17ClN2O2/c1-8(2)14(6-4-5-12)11(15)10-7-13-16-9(10)3/h7-8H,4-6H2,1-3H3. The Labute approximate surface area is 101 Å². The Hall–Kier alpha value is -1.03. The summed E-state index contributed by atoms with van der Waals surface area (Å²) >= 11 is 5.64. The first-order valence-corrected chi connectivity index (χ1v) is 5.89. The maximum absolute atomic E-state index is 12.2. The second-order valence-electron chi connectivity index (χ2n) is 3.93. The second kappa shape index (κ2) is 5.89. The summed E-state index contributed by atoms with van der Waals surface area (Å²) in [6.07, 6.45) is 2.25. The summed E-state index contributed by atoms with van der Waals surface area (Å²) < 4.78 is 4.90. The van der Waals surface area contributed by atoms with Crippen LogP contribution < -0.4 is 0 Å². The van der Waals surface area contributed by atoms with Crippen LogP contribution in [0.2, 0.25) is 0 Å². The average molecular weight is 245 g/mol. The lowest BCUT2D eigenvalue weighted by Gasteiger charge is -2.26. The van der Waals surface area contributed by atoms with E-state index in [2.05, 4.69) is 5.16 Å². The minimum atomic E-state index is -0.0427. The molecule has 0 aromatic carbocycles. The fraction of sp³-hybridized carbons (Fsp3) is 0.636. The molecule has 0 fully saturated rings. The first-order valence-electron chi connectivity index (χ1n) is 5.36. The molecule has 0 aliphatic rings. The number of carbonyl (C=O) groups excluding carboxylic acids is 1. The molecule has 0 unspecified atom stereocenters. The fourth-order valence-electron chi connectivity index (χ4n) is 1.48. The number of halogens is 1. The minimum absolute atomic E-state index is 0.0427. The van der Waals surface area contributed by atoms with Crippen molar-refractivity contribution >= 4 is 17.5 Å². The van der Waals surface area contributed by atoms with Crippen LogP contribution in [0.25, 0.3) is 0 Å². The van der Waals surface area contributed by atoms with Crippen molar-refractivity contribution in [3.8, 4) is 0 Å². The molecule has 1 aromatic rings. The van der Waals surface area contributed by atoms with Gasteiger partial charge in [0.2, 0.25) is 0 Å². The van der Waals surface area contributed by atoms with E-state index in [1.54, 1.807) is 11.8 Å². The number of hydrogen-bond donors (Lipinski definition) is 0. The van der Waals surface area contributed by atoms with Gasteiger partial charge in [0.15, 0.2) is 0 Å². The Bertz CT molecular complexity index is 350. The summed E-state index contributed by atoms with van der Waals surface area (Å²) in [7, 11) is 0. The quantitative estimate of drug-likeness (QED) is 0.748. The van der Waals surface area contributed by atoms with Gasteiger partial charge in [-0.05, 0) is 27.2 Å². The van der Waals surface area contributed by atoms with Crippen LogP contribution in [0, 0.1) is 6.92 Å². The van der Waals surface area contributed by atoms with Gasteiger partial charge in [0, 0.05) is 18.5 Å². The Morgan fingerprint density at radius 2 is 2.31 bits per heavy atom. The monoisotopic (exact) mass is 244 g/mol. The summed E-state index contributed by atoms with van der Waals surface area (Å²) in [5.41, 5.74) is 0.531. The number of rotatable bonds is 5. The van der Waals surface area contributed by atoms with E-state index in [9.17, 15) is 4.79 Å². The van der Waals surface area contributed by atoms with Gasteiger partial charge in [0.25, 0.3) is 5.91 Å². The molecule has 4 nitrogen and oxygen atoms in total. The van der Waals surface area contributed by atoms with Gasteiger partial charge in [0.1, 0.15) is 11.3 Å². The molecular weight excluding hydrogens is 228 g/mol. The van der Waals surface area contributed by atoms with E-state index in [1.165, 1.54) is 6.20 Å². The first-order chi connectivity index (χ1) is 7.57. The van der Waals surface area contributed by atoms with Crippen LogP contribution in [0.4, 0.5) is 0 Å². The number of carbonyl (C=O) groups is 1. The highest BCUT2D eigenvalue weighted by molar-refractivity contribution is 6.17. The van der Waals surface area contributed by atoms with Crippen molar-refractivity contribution in [2.75, 3.05) is 12.4 Å². The smallest absolute Gasteiger partial charge is 0.259 e. The van der Waals surface area contributed by atoms with Gasteiger partial charge in [-0.3, -0.25) is 4.79 Å². The Morgan fingerprint density at radius 3 is 2.75 bits per heavy atom. The molecule has 1 rings (SSSR count). The van der Waals surface area contributed by atoms with Gasteiger partial charge in [-0.15, -0.1) is 11.6 Å². The number of alkyl halides is 1. The van der Waals surface area contributed by atoms with Gasteiger partial charge in [-0.25, -0.2) is 0 Å². The SMILES string of the molecule is Cc1oncc1C(=O)N(CCCCl)C(C)C. The lowest BCUT2D eigenvalue weighted by atomic mass is 10.2. The van der Waals surface area contributed by atoms with Gasteiger partial charge < -0.3 is 9.42 Å². The molecule has 0 atom stereocenters. The van der Waals surface area contributed by atoms with Crippen LogP contribution in [0.15, 0.2) is 10.7 Å². The Kier molecular flexibility index (Phi) is 4.80. The van der Waals surface area contributed by atoms with Crippen molar-refractivity contribution in [3.63, 3.8) is 0 Å². The number of aromatic nitrogens is 1. The first kappa shape index (κ1) is 13.0. The number of amides is 1. The second-order valence-corrected chi connectivity index (χ2v) is 4.31. The molecule has 5 heteroatoms. The molecule has 0 bridgehead atoms. The molecule has 1 heterocycles. The van der Waals surface area contributed by atoms with Gasteiger partial charge in [0.05, 0.1) is 6.20 Å². The molecule has 1 amide bonds. The van der Waals surface area contributed by atoms with Crippen molar-refractivity contribution in [2.24, 2.45) is 0 Å². The fourth-order valence-corrected chi connectivity index (χ4v) is 1.60. The topological polar surface area (TPSA) is 46.3 Å². The highest BCUT2D eigenvalue weighted by Gasteiger charge is 2.21.